The Morgan fingerprint density at radius 1 is 1.04 bits per heavy atom. The van der Waals surface area contributed by atoms with Crippen LogP contribution < -0.4 is 4.90 Å². The number of ether oxygens (including phenoxy) is 1. The van der Waals surface area contributed by atoms with Gasteiger partial charge in [0.25, 0.3) is 0 Å². The molecule has 0 radical (unpaired) electrons. The van der Waals surface area contributed by atoms with E-state index in [1.807, 2.05) is 74.5 Å². The lowest BCUT2D eigenvalue weighted by Gasteiger charge is -2.22. The van der Waals surface area contributed by atoms with E-state index in [4.69, 9.17) is 4.74 Å². The molecule has 6 heteroatoms. The minimum atomic E-state index is -0.754. The van der Waals surface area contributed by atoms with Crippen molar-refractivity contribution in [1.29, 1.82) is 0 Å². The number of carbonyl (C=O) groups is 2. The molecule has 1 amide bonds. The van der Waals surface area contributed by atoms with Crippen molar-refractivity contribution in [2.75, 3.05) is 4.90 Å². The zero-order chi connectivity index (χ0) is 20.1. The standard InChI is InChI=1S/C22H22N2O3S/c1-16(25)24(19-12-8-5-9-13-19)21-23-18(15-28-21)14-27-20(26)22(2,3)17-10-6-4-7-11-17/h4-13,15H,14H2,1-3H3. The second kappa shape index (κ2) is 8.35. The highest BCUT2D eigenvalue weighted by atomic mass is 32.1. The minimum absolute atomic E-state index is 0.0616. The Morgan fingerprint density at radius 3 is 2.25 bits per heavy atom. The first-order valence-corrected chi connectivity index (χ1v) is 9.80. The number of para-hydroxylation sites is 1. The van der Waals surface area contributed by atoms with Crippen molar-refractivity contribution in [3.63, 3.8) is 0 Å². The van der Waals surface area contributed by atoms with Crippen LogP contribution in [-0.2, 0) is 26.3 Å². The summed E-state index contributed by atoms with van der Waals surface area (Å²) in [6.45, 7) is 5.23. The van der Waals surface area contributed by atoms with Crippen LogP contribution in [0.5, 0.6) is 0 Å². The smallest absolute Gasteiger partial charge is 0.316 e. The number of rotatable bonds is 6. The Hall–Kier alpha value is -2.99. The van der Waals surface area contributed by atoms with Crippen LogP contribution in [-0.4, -0.2) is 16.9 Å². The van der Waals surface area contributed by atoms with Gasteiger partial charge in [0.15, 0.2) is 5.13 Å². The Kier molecular flexibility index (Phi) is 5.90. The van der Waals surface area contributed by atoms with Gasteiger partial charge >= 0.3 is 5.97 Å². The zero-order valence-electron chi connectivity index (χ0n) is 16.1. The number of hydrogen-bond donors (Lipinski definition) is 0. The topological polar surface area (TPSA) is 59.5 Å². The van der Waals surface area contributed by atoms with Gasteiger partial charge in [-0.3, -0.25) is 14.5 Å². The number of anilines is 2. The molecular weight excluding hydrogens is 372 g/mol. The number of amides is 1. The van der Waals surface area contributed by atoms with Gasteiger partial charge in [0.05, 0.1) is 16.8 Å². The predicted molar refractivity (Wildman–Crippen MR) is 111 cm³/mol. The number of nitrogens with zero attached hydrogens (tertiary/aromatic N) is 2. The van der Waals surface area contributed by atoms with Crippen molar-refractivity contribution in [3.8, 4) is 0 Å². The van der Waals surface area contributed by atoms with Gasteiger partial charge in [0.1, 0.15) is 6.61 Å². The molecule has 0 N–H and O–H groups in total. The van der Waals surface area contributed by atoms with Gasteiger partial charge in [-0.2, -0.15) is 0 Å². The maximum absolute atomic E-state index is 12.6. The SMILES string of the molecule is CC(=O)N(c1ccccc1)c1nc(COC(=O)C(C)(C)c2ccccc2)cs1. The van der Waals surface area contributed by atoms with Gasteiger partial charge in [-0.05, 0) is 31.5 Å². The maximum atomic E-state index is 12.6. The normalized spacial score (nSPS) is 11.1. The average Bonchev–Trinajstić information content (AvgIpc) is 3.15. The van der Waals surface area contributed by atoms with E-state index < -0.39 is 5.41 Å². The quantitative estimate of drug-likeness (QED) is 0.561. The molecule has 0 aliphatic heterocycles. The average molecular weight is 394 g/mol. The molecule has 0 saturated carbocycles. The third-order valence-corrected chi connectivity index (χ3v) is 5.29. The predicted octanol–water partition coefficient (Wildman–Crippen LogP) is 4.85. The van der Waals surface area contributed by atoms with Gasteiger partial charge in [-0.1, -0.05) is 48.5 Å². The third-order valence-electron chi connectivity index (χ3n) is 4.42. The van der Waals surface area contributed by atoms with Crippen LogP contribution in [0.2, 0.25) is 0 Å². The summed E-state index contributed by atoms with van der Waals surface area (Å²) >= 11 is 1.34. The molecule has 0 atom stereocenters. The molecule has 28 heavy (non-hydrogen) atoms. The van der Waals surface area contributed by atoms with Crippen LogP contribution >= 0.6 is 11.3 Å². The highest BCUT2D eigenvalue weighted by Gasteiger charge is 2.31. The number of thiazole rings is 1. The molecule has 3 rings (SSSR count). The molecule has 1 heterocycles. The summed E-state index contributed by atoms with van der Waals surface area (Å²) in [6.07, 6.45) is 0. The van der Waals surface area contributed by atoms with E-state index in [-0.39, 0.29) is 18.5 Å². The minimum Gasteiger partial charge on any atom is -0.458 e. The lowest BCUT2D eigenvalue weighted by molar-refractivity contribution is -0.150. The molecule has 0 bridgehead atoms. The van der Waals surface area contributed by atoms with Crippen LogP contribution in [0.25, 0.3) is 0 Å². The molecule has 3 aromatic rings. The van der Waals surface area contributed by atoms with E-state index in [0.29, 0.717) is 10.8 Å². The summed E-state index contributed by atoms with van der Waals surface area (Å²) < 4.78 is 5.51. The monoisotopic (exact) mass is 394 g/mol. The molecule has 2 aromatic carbocycles. The molecule has 0 saturated heterocycles. The highest BCUT2D eigenvalue weighted by molar-refractivity contribution is 7.14. The molecule has 0 fully saturated rings. The van der Waals surface area contributed by atoms with Gasteiger partial charge < -0.3 is 4.74 Å². The molecular formula is C22H22N2O3S. The van der Waals surface area contributed by atoms with Crippen molar-refractivity contribution in [2.24, 2.45) is 0 Å². The fourth-order valence-electron chi connectivity index (χ4n) is 2.76. The van der Waals surface area contributed by atoms with E-state index >= 15 is 0 Å². The van der Waals surface area contributed by atoms with Gasteiger partial charge in [0, 0.05) is 12.3 Å². The summed E-state index contributed by atoms with van der Waals surface area (Å²) in [5.41, 5.74) is 1.50. The first-order valence-electron chi connectivity index (χ1n) is 8.92. The largest absolute Gasteiger partial charge is 0.458 e. The Balaban J connectivity index is 1.71. The first-order chi connectivity index (χ1) is 13.4. The lowest BCUT2D eigenvalue weighted by Crippen LogP contribution is -2.31. The van der Waals surface area contributed by atoms with Gasteiger partial charge in [-0.15, -0.1) is 11.3 Å². The fourth-order valence-corrected chi connectivity index (χ4v) is 3.63. The molecule has 144 valence electrons. The Labute approximate surface area is 168 Å². The van der Waals surface area contributed by atoms with Crippen molar-refractivity contribution >= 4 is 34.0 Å². The van der Waals surface area contributed by atoms with Crippen LogP contribution in [0.3, 0.4) is 0 Å². The van der Waals surface area contributed by atoms with E-state index in [0.717, 1.165) is 11.3 Å². The fraction of sp³-hybridized carbons (Fsp3) is 0.227. The third kappa shape index (κ3) is 4.28. The summed E-state index contributed by atoms with van der Waals surface area (Å²) in [5, 5.41) is 2.35. The molecule has 5 nitrogen and oxygen atoms in total. The summed E-state index contributed by atoms with van der Waals surface area (Å²) in [7, 11) is 0. The summed E-state index contributed by atoms with van der Waals surface area (Å²) in [4.78, 5) is 30.7. The highest BCUT2D eigenvalue weighted by Crippen LogP contribution is 2.29. The van der Waals surface area contributed by atoms with Crippen LogP contribution in [0.15, 0.2) is 66.0 Å². The van der Waals surface area contributed by atoms with E-state index in [1.54, 1.807) is 10.3 Å². The maximum Gasteiger partial charge on any atom is 0.316 e. The number of benzene rings is 2. The van der Waals surface area contributed by atoms with Crippen LogP contribution in [0.4, 0.5) is 10.8 Å². The van der Waals surface area contributed by atoms with Crippen molar-refractivity contribution in [2.45, 2.75) is 32.8 Å². The van der Waals surface area contributed by atoms with Gasteiger partial charge in [-0.25, -0.2) is 4.98 Å². The molecule has 0 aliphatic rings. The van der Waals surface area contributed by atoms with E-state index in [2.05, 4.69) is 4.98 Å². The van der Waals surface area contributed by atoms with E-state index in [1.165, 1.54) is 18.3 Å². The number of hydrogen-bond acceptors (Lipinski definition) is 5. The Morgan fingerprint density at radius 2 is 1.64 bits per heavy atom. The van der Waals surface area contributed by atoms with Crippen molar-refractivity contribution in [1.82, 2.24) is 4.98 Å². The second-order valence-electron chi connectivity index (χ2n) is 6.88. The van der Waals surface area contributed by atoms with Gasteiger partial charge in [0.2, 0.25) is 5.91 Å². The number of carbonyl (C=O) groups excluding carboxylic acids is 2. The van der Waals surface area contributed by atoms with Crippen molar-refractivity contribution < 1.29 is 14.3 Å². The second-order valence-corrected chi connectivity index (χ2v) is 7.72. The summed E-state index contributed by atoms with van der Waals surface area (Å²) in [5.74, 6) is -0.450. The molecule has 1 aromatic heterocycles. The van der Waals surface area contributed by atoms with Crippen molar-refractivity contribution in [3.05, 3.63) is 77.3 Å². The van der Waals surface area contributed by atoms with Crippen LogP contribution in [0.1, 0.15) is 32.0 Å². The van der Waals surface area contributed by atoms with E-state index in [9.17, 15) is 9.59 Å². The lowest BCUT2D eigenvalue weighted by atomic mass is 9.85. The molecule has 0 aliphatic carbocycles. The number of aromatic nitrogens is 1. The zero-order valence-corrected chi connectivity index (χ0v) is 16.9. The molecule has 0 unspecified atom stereocenters. The van der Waals surface area contributed by atoms with Crippen LogP contribution in [0, 0.1) is 0 Å². The Bertz CT molecular complexity index is 952. The first kappa shape index (κ1) is 19.8. The number of esters is 1. The summed E-state index contributed by atoms with van der Waals surface area (Å²) in [6, 6.07) is 18.9. The molecule has 0 spiro atoms.